The highest BCUT2D eigenvalue weighted by Crippen LogP contribution is 2.37. The van der Waals surface area contributed by atoms with Crippen molar-refractivity contribution in [2.45, 2.75) is 34.5 Å². The van der Waals surface area contributed by atoms with Gasteiger partial charge in [0.1, 0.15) is 15.0 Å². The Bertz CT molecular complexity index is 1050. The van der Waals surface area contributed by atoms with E-state index in [1.807, 2.05) is 16.9 Å². The van der Waals surface area contributed by atoms with E-state index in [1.165, 1.54) is 19.4 Å². The van der Waals surface area contributed by atoms with E-state index in [0.29, 0.717) is 16.8 Å². The van der Waals surface area contributed by atoms with Crippen LogP contribution in [0.1, 0.15) is 23.9 Å². The molecule has 2 aromatic heterocycles. The van der Waals surface area contributed by atoms with Crippen molar-refractivity contribution < 1.29 is 13.2 Å². The van der Waals surface area contributed by atoms with Crippen LogP contribution in [0.3, 0.4) is 0 Å². The highest BCUT2D eigenvalue weighted by molar-refractivity contribution is 7.93. The summed E-state index contributed by atoms with van der Waals surface area (Å²) >= 11 is 1.08. The molecule has 0 radical (unpaired) electrons. The van der Waals surface area contributed by atoms with E-state index in [-0.39, 0.29) is 15.6 Å². The van der Waals surface area contributed by atoms with Gasteiger partial charge in [0.15, 0.2) is 0 Å². The van der Waals surface area contributed by atoms with E-state index in [9.17, 15) is 8.42 Å². The summed E-state index contributed by atoms with van der Waals surface area (Å²) in [6, 6.07) is 5.44. The number of benzene rings is 1. The summed E-state index contributed by atoms with van der Waals surface area (Å²) in [6.07, 6.45) is 7.32. The highest BCUT2D eigenvalue weighted by Gasteiger charge is 2.25. The first-order valence-electron chi connectivity index (χ1n) is 8.14. The van der Waals surface area contributed by atoms with Gasteiger partial charge in [-0.3, -0.25) is 4.68 Å². The van der Waals surface area contributed by atoms with Gasteiger partial charge in [-0.15, -0.1) is 11.3 Å². The quantitative estimate of drug-likeness (QED) is 0.694. The van der Waals surface area contributed by atoms with Crippen molar-refractivity contribution in [2.75, 3.05) is 7.11 Å². The second-order valence-corrected chi connectivity index (χ2v) is 9.41. The summed E-state index contributed by atoms with van der Waals surface area (Å²) in [5.41, 5.74) is 7.16. The highest BCUT2D eigenvalue weighted by atomic mass is 32.2. The minimum atomic E-state index is -3.70. The second-order valence-electron chi connectivity index (χ2n) is 6.12. The number of sulfone groups is 1. The van der Waals surface area contributed by atoms with Gasteiger partial charge in [-0.25, -0.2) is 13.4 Å². The van der Waals surface area contributed by atoms with Gasteiger partial charge < -0.3 is 10.5 Å². The van der Waals surface area contributed by atoms with Crippen molar-refractivity contribution in [3.8, 4) is 16.9 Å². The van der Waals surface area contributed by atoms with E-state index < -0.39 is 9.84 Å². The maximum absolute atomic E-state index is 13.0. The summed E-state index contributed by atoms with van der Waals surface area (Å²) in [4.78, 5) is 4.21. The molecule has 1 saturated carbocycles. The normalized spacial score (nSPS) is 14.5. The minimum absolute atomic E-state index is 0.165. The molecule has 26 heavy (non-hydrogen) atoms. The van der Waals surface area contributed by atoms with Gasteiger partial charge in [0.2, 0.25) is 9.84 Å². The molecule has 1 aliphatic rings. The lowest BCUT2D eigenvalue weighted by molar-refractivity contribution is 0.413. The molecule has 3 aromatic rings. The lowest BCUT2D eigenvalue weighted by atomic mass is 10.1. The number of methoxy groups -OCH3 is 1. The molecular formula is C17H18N4O3S2. The van der Waals surface area contributed by atoms with Crippen LogP contribution in [0.25, 0.3) is 11.1 Å². The van der Waals surface area contributed by atoms with Crippen molar-refractivity contribution in [2.24, 2.45) is 5.73 Å². The van der Waals surface area contributed by atoms with Crippen LogP contribution < -0.4 is 10.5 Å². The van der Waals surface area contributed by atoms with Crippen LogP contribution in [-0.2, 0) is 16.4 Å². The van der Waals surface area contributed by atoms with Gasteiger partial charge in [-0.1, -0.05) is 0 Å². The number of thiazole rings is 1. The fourth-order valence-corrected chi connectivity index (χ4v) is 5.19. The molecule has 7 nitrogen and oxygen atoms in total. The van der Waals surface area contributed by atoms with Crippen molar-refractivity contribution in [3.05, 3.63) is 41.8 Å². The molecule has 1 aliphatic carbocycles. The standard InChI is InChI=1S/C17H18N4O3S2/c1-24-14-4-11(12-8-20-21(10-12)13-2-3-13)5-15(6-14)26(22,23)17-9-19-16(7-18)25-17/h4-6,8-10,13H,2-3,7,18H2,1H3. The molecule has 0 unspecified atom stereocenters. The molecule has 1 fully saturated rings. The maximum atomic E-state index is 13.0. The van der Waals surface area contributed by atoms with Gasteiger partial charge in [0.05, 0.1) is 30.4 Å². The van der Waals surface area contributed by atoms with Crippen LogP contribution in [0.2, 0.25) is 0 Å². The minimum Gasteiger partial charge on any atom is -0.497 e. The molecule has 0 saturated heterocycles. The van der Waals surface area contributed by atoms with Gasteiger partial charge >= 0.3 is 0 Å². The number of nitrogens with zero attached hydrogens (tertiary/aromatic N) is 3. The Balaban J connectivity index is 1.78. The van der Waals surface area contributed by atoms with Crippen molar-refractivity contribution >= 4 is 21.2 Å². The zero-order chi connectivity index (χ0) is 18.3. The van der Waals surface area contributed by atoms with Crippen LogP contribution in [-0.4, -0.2) is 30.3 Å². The van der Waals surface area contributed by atoms with Crippen molar-refractivity contribution in [1.82, 2.24) is 14.8 Å². The maximum Gasteiger partial charge on any atom is 0.217 e. The Hall–Kier alpha value is -2.23. The average Bonchev–Trinajstić information content (AvgIpc) is 3.19. The number of ether oxygens (including phenoxy) is 1. The molecule has 0 bridgehead atoms. The third-order valence-corrected chi connectivity index (χ3v) is 7.47. The van der Waals surface area contributed by atoms with Crippen molar-refractivity contribution in [1.29, 1.82) is 0 Å². The van der Waals surface area contributed by atoms with E-state index in [1.54, 1.807) is 12.3 Å². The average molecular weight is 390 g/mol. The lowest BCUT2D eigenvalue weighted by Crippen LogP contribution is -2.01. The topological polar surface area (TPSA) is 100 Å². The Kier molecular flexibility index (Phi) is 4.29. The molecule has 2 N–H and O–H groups in total. The molecule has 4 rings (SSSR count). The van der Waals surface area contributed by atoms with Crippen molar-refractivity contribution in [3.63, 3.8) is 0 Å². The van der Waals surface area contributed by atoms with E-state index in [4.69, 9.17) is 10.5 Å². The fourth-order valence-electron chi connectivity index (χ4n) is 2.67. The predicted molar refractivity (Wildman–Crippen MR) is 97.9 cm³/mol. The zero-order valence-electron chi connectivity index (χ0n) is 14.1. The largest absolute Gasteiger partial charge is 0.497 e. The second kappa shape index (κ2) is 6.49. The third kappa shape index (κ3) is 3.13. The first-order valence-corrected chi connectivity index (χ1v) is 10.4. The predicted octanol–water partition coefficient (Wildman–Crippen LogP) is 2.64. The molecule has 0 amide bonds. The summed E-state index contributed by atoms with van der Waals surface area (Å²) in [5.74, 6) is 0.476. The first-order chi connectivity index (χ1) is 12.5. The summed E-state index contributed by atoms with van der Waals surface area (Å²) in [5, 5.41) is 4.96. The van der Waals surface area contributed by atoms with E-state index in [2.05, 4.69) is 10.1 Å². The van der Waals surface area contributed by atoms with Gasteiger partial charge in [0.25, 0.3) is 0 Å². The molecule has 0 atom stereocenters. The monoisotopic (exact) mass is 390 g/mol. The first kappa shape index (κ1) is 17.2. The summed E-state index contributed by atoms with van der Waals surface area (Å²) < 4.78 is 33.4. The molecule has 1 aromatic carbocycles. The van der Waals surface area contributed by atoms with Gasteiger partial charge in [-0.2, -0.15) is 5.10 Å². The van der Waals surface area contributed by atoms with Crippen LogP contribution in [0.4, 0.5) is 0 Å². The van der Waals surface area contributed by atoms with Crippen LogP contribution in [0.5, 0.6) is 5.75 Å². The Labute approximate surface area is 155 Å². The smallest absolute Gasteiger partial charge is 0.217 e. The van der Waals surface area contributed by atoms with E-state index >= 15 is 0 Å². The Morgan fingerprint density at radius 3 is 2.73 bits per heavy atom. The summed E-state index contributed by atoms with van der Waals surface area (Å²) in [6.45, 7) is 0.212. The zero-order valence-corrected chi connectivity index (χ0v) is 15.8. The number of hydrogen-bond acceptors (Lipinski definition) is 7. The van der Waals surface area contributed by atoms with Crippen LogP contribution in [0.15, 0.2) is 45.9 Å². The van der Waals surface area contributed by atoms with Crippen LogP contribution >= 0.6 is 11.3 Å². The van der Waals surface area contributed by atoms with E-state index in [0.717, 1.165) is 35.3 Å². The Morgan fingerprint density at radius 2 is 2.08 bits per heavy atom. The van der Waals surface area contributed by atoms with Gasteiger partial charge in [0, 0.05) is 18.3 Å². The Morgan fingerprint density at radius 1 is 1.27 bits per heavy atom. The third-order valence-electron chi connectivity index (χ3n) is 4.25. The summed E-state index contributed by atoms with van der Waals surface area (Å²) in [7, 11) is -2.18. The molecule has 0 aliphatic heterocycles. The number of rotatable bonds is 6. The molecule has 2 heterocycles. The molecule has 136 valence electrons. The number of hydrogen-bond donors (Lipinski definition) is 1. The lowest BCUT2D eigenvalue weighted by Gasteiger charge is -2.08. The molecule has 0 spiro atoms. The molecular weight excluding hydrogens is 372 g/mol. The molecule has 9 heteroatoms. The van der Waals surface area contributed by atoms with Gasteiger partial charge in [-0.05, 0) is 36.6 Å². The number of aromatic nitrogens is 3. The SMILES string of the molecule is COc1cc(-c2cnn(C3CC3)c2)cc(S(=O)(=O)c2cnc(CN)s2)c1. The number of nitrogens with two attached hydrogens (primary N) is 1. The van der Waals surface area contributed by atoms with Crippen LogP contribution in [0, 0.1) is 0 Å². The fraction of sp³-hybridized carbons (Fsp3) is 0.294.